The smallest absolute Gasteiger partial charge is 0.259 e. The molecule has 1 fully saturated rings. The van der Waals surface area contributed by atoms with Crippen LogP contribution in [0.4, 0.5) is 5.82 Å². The Morgan fingerprint density at radius 3 is 3.00 bits per heavy atom. The van der Waals surface area contributed by atoms with Crippen LogP contribution in [0.2, 0.25) is 0 Å². The number of nitrogens with two attached hydrogens (primary N) is 1. The maximum atomic E-state index is 12.3. The van der Waals surface area contributed by atoms with Gasteiger partial charge in [0, 0.05) is 18.3 Å². The fourth-order valence-corrected chi connectivity index (χ4v) is 2.39. The monoisotopic (exact) mass is 222 g/mol. The highest BCUT2D eigenvalue weighted by Gasteiger charge is 2.30. The van der Waals surface area contributed by atoms with Crippen molar-refractivity contribution in [2.24, 2.45) is 0 Å². The van der Waals surface area contributed by atoms with Crippen molar-refractivity contribution in [1.29, 1.82) is 0 Å². The second-order valence-electron chi connectivity index (χ2n) is 4.31. The molecule has 1 aromatic rings. The number of aryl methyl sites for hydroxylation is 1. The van der Waals surface area contributed by atoms with Gasteiger partial charge >= 0.3 is 0 Å². The SMILES string of the molecule is CCC1CCCN1C(=O)c1c(N)n[nH]c1C. The number of amides is 1. The van der Waals surface area contributed by atoms with Crippen LogP contribution in [0.1, 0.15) is 42.2 Å². The topological polar surface area (TPSA) is 75.0 Å². The maximum Gasteiger partial charge on any atom is 0.259 e. The Bertz CT molecular complexity index is 379. The average Bonchev–Trinajstić information content (AvgIpc) is 2.85. The molecule has 16 heavy (non-hydrogen) atoms. The third kappa shape index (κ3) is 1.66. The molecular formula is C11H18N4O. The summed E-state index contributed by atoms with van der Waals surface area (Å²) in [5, 5.41) is 6.62. The highest BCUT2D eigenvalue weighted by molar-refractivity contribution is 5.99. The first kappa shape index (κ1) is 11.0. The standard InChI is InChI=1S/C11H18N4O/c1-3-8-5-4-6-15(8)11(16)9-7(2)13-14-10(9)12/h8H,3-6H2,1-2H3,(H3,12,13,14). The Morgan fingerprint density at radius 2 is 2.44 bits per heavy atom. The molecule has 1 amide bonds. The summed E-state index contributed by atoms with van der Waals surface area (Å²) >= 11 is 0. The van der Waals surface area contributed by atoms with Crippen molar-refractivity contribution >= 4 is 11.7 Å². The highest BCUT2D eigenvalue weighted by Crippen LogP contribution is 2.24. The molecule has 1 atom stereocenters. The minimum atomic E-state index is 0.0214. The molecule has 1 unspecified atom stereocenters. The number of nitrogens with zero attached hydrogens (tertiary/aromatic N) is 2. The van der Waals surface area contributed by atoms with Crippen LogP contribution in [-0.4, -0.2) is 33.6 Å². The number of rotatable bonds is 2. The minimum absolute atomic E-state index is 0.0214. The number of nitrogens with one attached hydrogen (secondary N) is 1. The molecule has 2 heterocycles. The van der Waals surface area contributed by atoms with Crippen molar-refractivity contribution in [3.05, 3.63) is 11.3 Å². The molecule has 5 nitrogen and oxygen atoms in total. The number of aromatic amines is 1. The van der Waals surface area contributed by atoms with E-state index in [2.05, 4.69) is 17.1 Å². The van der Waals surface area contributed by atoms with E-state index in [9.17, 15) is 4.79 Å². The quantitative estimate of drug-likeness (QED) is 0.792. The summed E-state index contributed by atoms with van der Waals surface area (Å²) in [7, 11) is 0. The minimum Gasteiger partial charge on any atom is -0.382 e. The van der Waals surface area contributed by atoms with Crippen molar-refractivity contribution < 1.29 is 4.79 Å². The molecule has 0 saturated carbocycles. The number of hydrogen-bond donors (Lipinski definition) is 2. The Hall–Kier alpha value is -1.52. The van der Waals surface area contributed by atoms with E-state index >= 15 is 0 Å². The zero-order chi connectivity index (χ0) is 11.7. The van der Waals surface area contributed by atoms with Gasteiger partial charge in [-0.2, -0.15) is 5.10 Å². The zero-order valence-electron chi connectivity index (χ0n) is 9.79. The predicted molar refractivity (Wildman–Crippen MR) is 62.1 cm³/mol. The van der Waals surface area contributed by atoms with Crippen molar-refractivity contribution in [3.8, 4) is 0 Å². The van der Waals surface area contributed by atoms with Gasteiger partial charge in [-0.1, -0.05) is 6.92 Å². The number of aromatic nitrogens is 2. The Labute approximate surface area is 95.0 Å². The molecule has 1 saturated heterocycles. The first-order valence-electron chi connectivity index (χ1n) is 5.76. The van der Waals surface area contributed by atoms with E-state index in [1.54, 1.807) is 0 Å². The molecule has 88 valence electrons. The van der Waals surface area contributed by atoms with E-state index in [0.29, 0.717) is 17.4 Å². The van der Waals surface area contributed by atoms with Crippen LogP contribution in [0.15, 0.2) is 0 Å². The van der Waals surface area contributed by atoms with Gasteiger partial charge in [-0.05, 0) is 26.2 Å². The number of H-pyrrole nitrogens is 1. The van der Waals surface area contributed by atoms with Crippen LogP contribution in [0, 0.1) is 6.92 Å². The number of likely N-dealkylation sites (tertiary alicyclic amines) is 1. The first-order chi connectivity index (χ1) is 7.65. The fraction of sp³-hybridized carbons (Fsp3) is 0.636. The third-order valence-electron chi connectivity index (χ3n) is 3.30. The predicted octanol–water partition coefficient (Wildman–Crippen LogP) is 1.31. The van der Waals surface area contributed by atoms with Gasteiger partial charge in [0.1, 0.15) is 5.56 Å². The van der Waals surface area contributed by atoms with Gasteiger partial charge in [-0.25, -0.2) is 0 Å². The number of hydrogen-bond acceptors (Lipinski definition) is 3. The first-order valence-corrected chi connectivity index (χ1v) is 5.76. The molecule has 0 aliphatic carbocycles. The summed E-state index contributed by atoms with van der Waals surface area (Å²) in [5.74, 6) is 0.331. The summed E-state index contributed by atoms with van der Waals surface area (Å²) in [5.41, 5.74) is 7.00. The van der Waals surface area contributed by atoms with Crippen LogP contribution in [0.25, 0.3) is 0 Å². The van der Waals surface area contributed by atoms with E-state index in [-0.39, 0.29) is 5.91 Å². The Morgan fingerprint density at radius 1 is 1.69 bits per heavy atom. The number of carbonyl (C=O) groups is 1. The molecule has 3 N–H and O–H groups in total. The number of anilines is 1. The van der Waals surface area contributed by atoms with E-state index in [4.69, 9.17) is 5.73 Å². The van der Waals surface area contributed by atoms with Gasteiger partial charge in [0.15, 0.2) is 5.82 Å². The Balaban J connectivity index is 2.25. The van der Waals surface area contributed by atoms with Crippen molar-refractivity contribution in [1.82, 2.24) is 15.1 Å². The van der Waals surface area contributed by atoms with E-state index < -0.39 is 0 Å². The van der Waals surface area contributed by atoms with Crippen molar-refractivity contribution in [3.63, 3.8) is 0 Å². The van der Waals surface area contributed by atoms with E-state index in [1.165, 1.54) is 0 Å². The van der Waals surface area contributed by atoms with Crippen molar-refractivity contribution in [2.45, 2.75) is 39.2 Å². The van der Waals surface area contributed by atoms with Gasteiger partial charge < -0.3 is 10.6 Å². The second kappa shape index (κ2) is 4.15. The molecule has 0 aromatic carbocycles. The Kier molecular flexibility index (Phi) is 2.85. The van der Waals surface area contributed by atoms with Crippen LogP contribution in [-0.2, 0) is 0 Å². The molecule has 0 spiro atoms. The second-order valence-corrected chi connectivity index (χ2v) is 4.31. The van der Waals surface area contributed by atoms with Gasteiger partial charge in [-0.3, -0.25) is 9.89 Å². The van der Waals surface area contributed by atoms with Gasteiger partial charge in [0.2, 0.25) is 0 Å². The molecule has 0 bridgehead atoms. The lowest BCUT2D eigenvalue weighted by molar-refractivity contribution is 0.0734. The van der Waals surface area contributed by atoms with Crippen LogP contribution in [0.5, 0.6) is 0 Å². The molecular weight excluding hydrogens is 204 g/mol. The lowest BCUT2D eigenvalue weighted by Gasteiger charge is -2.23. The van der Waals surface area contributed by atoms with Gasteiger partial charge in [0.05, 0.1) is 0 Å². The van der Waals surface area contributed by atoms with E-state index in [0.717, 1.165) is 31.5 Å². The summed E-state index contributed by atoms with van der Waals surface area (Å²) in [6.45, 7) is 4.77. The third-order valence-corrected chi connectivity index (χ3v) is 3.30. The molecule has 1 aliphatic rings. The average molecular weight is 222 g/mol. The summed E-state index contributed by atoms with van der Waals surface area (Å²) in [6.07, 6.45) is 3.18. The lowest BCUT2D eigenvalue weighted by Crippen LogP contribution is -2.35. The lowest BCUT2D eigenvalue weighted by atomic mass is 10.1. The van der Waals surface area contributed by atoms with Crippen LogP contribution >= 0.6 is 0 Å². The number of nitrogen functional groups attached to an aromatic ring is 1. The normalized spacial score (nSPS) is 20.4. The fourth-order valence-electron chi connectivity index (χ4n) is 2.39. The molecule has 0 radical (unpaired) electrons. The van der Waals surface area contributed by atoms with Crippen LogP contribution < -0.4 is 5.73 Å². The molecule has 2 rings (SSSR count). The summed E-state index contributed by atoms with van der Waals surface area (Å²) in [6, 6.07) is 0.362. The number of carbonyl (C=O) groups excluding carboxylic acids is 1. The highest BCUT2D eigenvalue weighted by atomic mass is 16.2. The van der Waals surface area contributed by atoms with Crippen molar-refractivity contribution in [2.75, 3.05) is 12.3 Å². The molecule has 5 heteroatoms. The molecule has 1 aromatic heterocycles. The largest absolute Gasteiger partial charge is 0.382 e. The van der Waals surface area contributed by atoms with Gasteiger partial charge in [-0.15, -0.1) is 0 Å². The van der Waals surface area contributed by atoms with E-state index in [1.807, 2.05) is 11.8 Å². The molecule has 1 aliphatic heterocycles. The summed E-state index contributed by atoms with van der Waals surface area (Å²) in [4.78, 5) is 14.2. The van der Waals surface area contributed by atoms with Gasteiger partial charge in [0.25, 0.3) is 5.91 Å². The van der Waals surface area contributed by atoms with Crippen LogP contribution in [0.3, 0.4) is 0 Å². The maximum absolute atomic E-state index is 12.3. The summed E-state index contributed by atoms with van der Waals surface area (Å²) < 4.78 is 0. The zero-order valence-corrected chi connectivity index (χ0v) is 9.79.